The minimum Gasteiger partial charge on any atom is -0.481 e. The lowest BCUT2D eigenvalue weighted by Gasteiger charge is -2.46. The largest absolute Gasteiger partial charge is 0.481 e. The van der Waals surface area contributed by atoms with Gasteiger partial charge in [0.25, 0.3) is 0 Å². The van der Waals surface area contributed by atoms with Crippen LogP contribution in [0.5, 0.6) is 0 Å². The van der Waals surface area contributed by atoms with Crippen LogP contribution in [0.2, 0.25) is 0 Å². The molecule has 5 nitrogen and oxygen atoms in total. The molecule has 0 fully saturated rings. The lowest BCUT2D eigenvalue weighted by molar-refractivity contribution is -0.137. The Hall–Kier alpha value is -8.64. The summed E-state index contributed by atoms with van der Waals surface area (Å²) in [6, 6.07) is 0. The lowest BCUT2D eigenvalue weighted by Crippen LogP contribution is -2.49. The van der Waals surface area contributed by atoms with Crippen molar-refractivity contribution in [2.24, 2.45) is 0 Å². The Bertz CT molecular complexity index is 7120. The zero-order valence-electron chi connectivity index (χ0n) is 40.4. The summed E-state index contributed by atoms with van der Waals surface area (Å²) in [6.45, 7) is 1.53. The molecule has 0 saturated carbocycles. The van der Waals surface area contributed by atoms with Crippen LogP contribution in [0, 0.1) is 0 Å². The highest BCUT2D eigenvalue weighted by Gasteiger charge is 2.63. The topological polar surface area (TPSA) is 78.4 Å². The van der Waals surface area contributed by atoms with E-state index in [0.717, 1.165) is 38.6 Å². The fourth-order valence-corrected chi connectivity index (χ4v) is 25.2. The molecule has 0 atom stereocenters. The lowest BCUT2D eigenvalue weighted by atomic mass is 9.62. The molecule has 4 aliphatic carbocycles. The molecule has 0 radical (unpaired) electrons. The molecule has 5 heteroatoms. The molecule has 3 N–H and O–H groups in total. The molecule has 340 valence electrons. The number of nitrogens with one attached hydrogen (secondary N) is 2. The number of benzene rings is 18. The Balaban J connectivity index is 0.857. The van der Waals surface area contributed by atoms with Gasteiger partial charge in [0.2, 0.25) is 5.91 Å². The molecule has 0 heterocycles. The van der Waals surface area contributed by atoms with Crippen LogP contribution in [0.4, 0.5) is 0 Å². The van der Waals surface area contributed by atoms with Crippen molar-refractivity contribution in [2.75, 3.05) is 13.1 Å². The van der Waals surface area contributed by atoms with Gasteiger partial charge in [0, 0.05) is 25.3 Å². The summed E-state index contributed by atoms with van der Waals surface area (Å²) >= 11 is 0. The molecular weight excluding hydrogens is 941 g/mol. The summed E-state index contributed by atoms with van der Waals surface area (Å²) in [5, 5.41) is 105. The number of carboxylic acids is 1. The SMILES string of the molecule is O=C(O)CCCCCNC(=O)CCCCCNC12c3c4c5c6c7c8c(c9c%10c1c1c3c3c%11c4c4c5c5c7c7c%12c8c8c9c9c%10c%10c1c1c3c3c%11c%11c4c4c5c7c5c7c%12c8c8c9c9c%10c1c1c3c3c%11c4c5c4c7c8c9c1c34)C62. The van der Waals surface area contributed by atoms with E-state index >= 15 is 0 Å². The molecule has 28 aromatic carbocycles. The number of amides is 1. The average Bonchev–Trinajstić information content (AvgIpc) is 1.48. The molecule has 1 amide bonds. The molecule has 77 heavy (non-hydrogen) atoms. The average molecular weight is 965 g/mol. The van der Waals surface area contributed by atoms with Gasteiger partial charge in [-0.15, -0.1) is 0 Å². The Labute approximate surface area is 424 Å². The summed E-state index contributed by atoms with van der Waals surface area (Å²) in [7, 11) is 0. The number of unbranched alkanes of at least 4 members (excludes halogenated alkanes) is 4. The quantitative estimate of drug-likeness (QED) is 0.0795. The Kier molecular flexibility index (Phi) is 3.34. The predicted octanol–water partition coefficient (Wildman–Crippen LogP) is 18.0. The minimum absolute atomic E-state index is 0.125. The van der Waals surface area contributed by atoms with E-state index in [-0.39, 0.29) is 18.2 Å². The number of carbonyl (C=O) groups excluding carboxylic acids is 1. The summed E-state index contributed by atoms with van der Waals surface area (Å²) in [4.78, 5) is 24.2. The first kappa shape index (κ1) is 32.1. The minimum atomic E-state index is -0.745. The maximum Gasteiger partial charge on any atom is 0.303 e. The molecule has 0 saturated heterocycles. The molecule has 0 aliphatic heterocycles. The van der Waals surface area contributed by atoms with Gasteiger partial charge in [-0.05, 0) is 345 Å². The molecule has 0 unspecified atom stereocenters. The first-order valence-corrected chi connectivity index (χ1v) is 29.2. The predicted molar refractivity (Wildman–Crippen MR) is 321 cm³/mol. The third-order valence-corrected chi connectivity index (χ3v) is 26.0. The molecule has 32 rings (SSSR count). The summed E-state index contributed by atoms with van der Waals surface area (Å²) in [5.41, 5.74) is 6.25. The van der Waals surface area contributed by atoms with E-state index in [2.05, 4.69) is 5.32 Å². The van der Waals surface area contributed by atoms with Crippen molar-refractivity contribution in [2.45, 2.75) is 62.8 Å². The molecule has 28 aromatic rings. The van der Waals surface area contributed by atoms with Crippen LogP contribution in [0.1, 0.15) is 79.5 Å². The fraction of sp³-hybridized carbons (Fsp3) is 0.167. The van der Waals surface area contributed by atoms with Gasteiger partial charge in [0.05, 0.1) is 5.54 Å². The van der Waals surface area contributed by atoms with Crippen molar-refractivity contribution in [1.29, 1.82) is 0 Å². The fourth-order valence-electron chi connectivity index (χ4n) is 25.2. The van der Waals surface area contributed by atoms with Gasteiger partial charge in [-0.1, -0.05) is 12.8 Å². The van der Waals surface area contributed by atoms with Crippen LogP contribution in [0.25, 0.3) is 291 Å². The van der Waals surface area contributed by atoms with E-state index in [9.17, 15) is 9.59 Å². The van der Waals surface area contributed by atoms with Crippen LogP contribution in [0.15, 0.2) is 0 Å². The second-order valence-corrected chi connectivity index (χ2v) is 27.4. The standard InChI is InChI=1S/C72H24N2O3/c75-11(73-9-5-2-4-8-12(76)77)7-3-1-6-10-74-72-69-65-59-45-37-29-17-14-13-15-18(17)30-32-28-22(15)24-20-16(13)19-23-21(14)27-31(29)43(45)51-49-35(27)33(23)41-39-25(19)26(20)40-42-34(24)36(28)50-52-44(32)46(38(30)37)60(59)66(69)62(52)64-56(50)54(42)58-48(40)47(39)57-53(41)55(49)63(61(51)65)70(72)67(57)68(58)71(64)72/h69,74H,1-10H2,(H,73,75)(H,76,77). The highest BCUT2D eigenvalue weighted by molar-refractivity contribution is 6.82. The summed E-state index contributed by atoms with van der Waals surface area (Å²) in [5.74, 6) is -0.445. The third-order valence-electron chi connectivity index (χ3n) is 26.0. The molecule has 0 spiro atoms. The number of carbonyl (C=O) groups is 2. The van der Waals surface area contributed by atoms with Gasteiger partial charge in [-0.3, -0.25) is 9.59 Å². The number of hydrogen-bond donors (Lipinski definition) is 3. The number of aliphatic carboxylic acids is 1. The highest BCUT2D eigenvalue weighted by Crippen LogP contribution is 2.83. The second kappa shape index (κ2) is 8.02. The Morgan fingerprint density at radius 2 is 0.519 bits per heavy atom. The first-order chi connectivity index (χ1) is 38.2. The zero-order valence-corrected chi connectivity index (χ0v) is 40.4. The number of rotatable bonds is 13. The van der Waals surface area contributed by atoms with Crippen molar-refractivity contribution >= 4 is 303 Å². The third kappa shape index (κ3) is 2.03. The van der Waals surface area contributed by atoms with Gasteiger partial charge in [-0.25, -0.2) is 0 Å². The van der Waals surface area contributed by atoms with Crippen LogP contribution in [-0.4, -0.2) is 30.1 Å². The van der Waals surface area contributed by atoms with Crippen LogP contribution >= 0.6 is 0 Å². The Morgan fingerprint density at radius 1 is 0.286 bits per heavy atom. The van der Waals surface area contributed by atoms with E-state index < -0.39 is 11.5 Å². The van der Waals surface area contributed by atoms with Crippen LogP contribution < -0.4 is 10.6 Å². The van der Waals surface area contributed by atoms with Gasteiger partial charge >= 0.3 is 5.97 Å². The van der Waals surface area contributed by atoms with E-state index in [4.69, 9.17) is 10.4 Å². The van der Waals surface area contributed by atoms with Crippen LogP contribution in [0.3, 0.4) is 0 Å². The normalized spacial score (nSPS) is 19.8. The Morgan fingerprint density at radius 3 is 0.818 bits per heavy atom. The van der Waals surface area contributed by atoms with Gasteiger partial charge in [0.15, 0.2) is 0 Å². The monoisotopic (exact) mass is 964 g/mol. The molecule has 4 aliphatic rings. The zero-order chi connectivity index (χ0) is 47.2. The molecular formula is C72H24N2O3. The maximum atomic E-state index is 13.2. The van der Waals surface area contributed by atoms with E-state index in [1.165, 1.54) is 0 Å². The van der Waals surface area contributed by atoms with Crippen LogP contribution in [-0.2, 0) is 15.1 Å². The van der Waals surface area contributed by atoms with Gasteiger partial charge in [-0.2, -0.15) is 0 Å². The number of carboxylic acid groups (broad SMARTS) is 1. The van der Waals surface area contributed by atoms with Crippen molar-refractivity contribution in [3.8, 4) is 0 Å². The van der Waals surface area contributed by atoms with Gasteiger partial charge in [0.1, 0.15) is 0 Å². The summed E-state index contributed by atoms with van der Waals surface area (Å²) < 4.78 is 0. The van der Waals surface area contributed by atoms with Crippen molar-refractivity contribution < 1.29 is 14.7 Å². The first-order valence-electron chi connectivity index (χ1n) is 29.2. The molecule has 0 aromatic heterocycles. The van der Waals surface area contributed by atoms with Crippen molar-refractivity contribution in [3.63, 3.8) is 0 Å². The smallest absolute Gasteiger partial charge is 0.303 e. The van der Waals surface area contributed by atoms with E-state index in [1.807, 2.05) is 0 Å². The highest BCUT2D eigenvalue weighted by atomic mass is 16.4. The maximum absolute atomic E-state index is 13.2. The van der Waals surface area contributed by atoms with Crippen molar-refractivity contribution in [3.05, 3.63) is 22.3 Å². The van der Waals surface area contributed by atoms with E-state index in [0.29, 0.717) is 19.4 Å². The number of hydrogen-bond acceptors (Lipinski definition) is 3. The summed E-state index contributed by atoms with van der Waals surface area (Å²) in [6.07, 6.45) is 5.93. The second-order valence-electron chi connectivity index (χ2n) is 27.4. The van der Waals surface area contributed by atoms with Crippen molar-refractivity contribution in [1.82, 2.24) is 10.6 Å². The van der Waals surface area contributed by atoms with Gasteiger partial charge < -0.3 is 15.7 Å². The van der Waals surface area contributed by atoms with E-state index in [1.54, 1.807) is 313 Å². The molecule has 0 bridgehead atoms.